The van der Waals surface area contributed by atoms with Crippen molar-refractivity contribution in [2.75, 3.05) is 14.2 Å². The fourth-order valence-electron chi connectivity index (χ4n) is 3.05. The number of hydrogen-bond donors (Lipinski definition) is 1. The molecule has 1 aromatic heterocycles. The van der Waals surface area contributed by atoms with Crippen LogP contribution in [0.5, 0.6) is 17.2 Å². The van der Waals surface area contributed by atoms with Gasteiger partial charge in [0.1, 0.15) is 0 Å². The summed E-state index contributed by atoms with van der Waals surface area (Å²) >= 11 is 5.36. The highest BCUT2D eigenvalue weighted by Gasteiger charge is 2.17. The number of rotatable bonds is 6. The van der Waals surface area contributed by atoms with E-state index in [2.05, 4.69) is 48.2 Å². The third kappa shape index (κ3) is 5.05. The fraction of sp³-hybridized carbons (Fsp3) is 0.304. The molecular formula is C23H26N4O4S. The third-order valence-electron chi connectivity index (χ3n) is 4.71. The lowest BCUT2D eigenvalue weighted by Gasteiger charge is -2.18. The second kappa shape index (κ2) is 9.35. The van der Waals surface area contributed by atoms with Crippen LogP contribution in [0.4, 0.5) is 0 Å². The number of carbonyl (C=O) groups is 1. The highest BCUT2D eigenvalue weighted by atomic mass is 32.1. The van der Waals surface area contributed by atoms with Crippen LogP contribution in [-0.2, 0) is 10.2 Å². The first kappa shape index (κ1) is 23.2. The molecule has 0 aliphatic rings. The van der Waals surface area contributed by atoms with Crippen molar-refractivity contribution in [2.24, 2.45) is 5.10 Å². The van der Waals surface area contributed by atoms with Crippen LogP contribution in [0.1, 0.15) is 38.8 Å². The van der Waals surface area contributed by atoms with E-state index in [-0.39, 0.29) is 11.2 Å². The van der Waals surface area contributed by atoms with Gasteiger partial charge in [-0.2, -0.15) is 14.9 Å². The monoisotopic (exact) mass is 454 g/mol. The fourth-order valence-corrected chi connectivity index (χ4v) is 3.23. The molecular weight excluding hydrogens is 428 g/mol. The molecule has 168 valence electrons. The van der Waals surface area contributed by atoms with Gasteiger partial charge in [-0.05, 0) is 35.3 Å². The first-order valence-electron chi connectivity index (χ1n) is 9.91. The summed E-state index contributed by atoms with van der Waals surface area (Å²) in [5.74, 6) is 1.00. The van der Waals surface area contributed by atoms with Crippen molar-refractivity contribution in [1.82, 2.24) is 14.9 Å². The van der Waals surface area contributed by atoms with E-state index >= 15 is 0 Å². The van der Waals surface area contributed by atoms with Crippen molar-refractivity contribution < 1.29 is 19.0 Å². The van der Waals surface area contributed by atoms with Gasteiger partial charge in [0, 0.05) is 18.1 Å². The minimum absolute atomic E-state index is 0.0534. The Labute approximate surface area is 191 Å². The van der Waals surface area contributed by atoms with Crippen LogP contribution in [0.25, 0.3) is 11.4 Å². The Bertz CT molecular complexity index is 1180. The number of nitrogens with zero attached hydrogens (tertiary/aromatic N) is 3. The number of aromatic amines is 1. The second-order valence-corrected chi connectivity index (χ2v) is 8.47. The topological polar surface area (TPSA) is 90.7 Å². The standard InChI is InChI=1S/C23H26N4O4S/c1-14(28)31-20-18(29-5)11-15(12-19(20)30-6)13-24-27-21(25-26-22(27)32)16-7-9-17(10-8-16)23(2,3)4/h7-13H,1-6H3,(H,26,32)/b24-13-. The number of nitrogens with one attached hydrogen (secondary N) is 1. The van der Waals surface area contributed by atoms with Crippen molar-refractivity contribution in [2.45, 2.75) is 33.1 Å². The van der Waals surface area contributed by atoms with Crippen LogP contribution < -0.4 is 14.2 Å². The number of aromatic nitrogens is 3. The molecule has 0 amide bonds. The van der Waals surface area contributed by atoms with E-state index in [1.807, 2.05) is 12.1 Å². The molecule has 1 N–H and O–H groups in total. The first-order chi connectivity index (χ1) is 15.1. The second-order valence-electron chi connectivity index (χ2n) is 8.08. The molecule has 0 saturated heterocycles. The molecule has 32 heavy (non-hydrogen) atoms. The van der Waals surface area contributed by atoms with Gasteiger partial charge in [0.2, 0.25) is 10.5 Å². The molecule has 2 aromatic carbocycles. The summed E-state index contributed by atoms with van der Waals surface area (Å²) in [6.07, 6.45) is 1.60. The molecule has 9 heteroatoms. The minimum Gasteiger partial charge on any atom is -0.493 e. The van der Waals surface area contributed by atoms with Gasteiger partial charge >= 0.3 is 5.97 Å². The molecule has 1 heterocycles. The average Bonchev–Trinajstić information content (AvgIpc) is 3.12. The summed E-state index contributed by atoms with van der Waals surface area (Å²) in [5.41, 5.74) is 2.81. The summed E-state index contributed by atoms with van der Waals surface area (Å²) in [5, 5.41) is 11.6. The quantitative estimate of drug-likeness (QED) is 0.251. The number of H-pyrrole nitrogens is 1. The summed E-state index contributed by atoms with van der Waals surface area (Å²) < 4.78 is 17.8. The molecule has 3 rings (SSSR count). The molecule has 0 saturated carbocycles. The minimum atomic E-state index is -0.477. The predicted molar refractivity (Wildman–Crippen MR) is 125 cm³/mol. The van der Waals surface area contributed by atoms with Gasteiger partial charge < -0.3 is 14.2 Å². The van der Waals surface area contributed by atoms with E-state index in [4.69, 9.17) is 26.4 Å². The number of hydrogen-bond acceptors (Lipinski definition) is 7. The van der Waals surface area contributed by atoms with E-state index in [0.717, 1.165) is 5.56 Å². The summed E-state index contributed by atoms with van der Waals surface area (Å²) in [4.78, 5) is 11.4. The predicted octanol–water partition coefficient (Wildman–Crippen LogP) is 4.73. The lowest BCUT2D eigenvalue weighted by Crippen LogP contribution is -2.10. The molecule has 0 aliphatic carbocycles. The molecule has 0 radical (unpaired) electrons. The Balaban J connectivity index is 1.98. The highest BCUT2D eigenvalue weighted by Crippen LogP contribution is 2.38. The van der Waals surface area contributed by atoms with Crippen molar-refractivity contribution in [3.8, 4) is 28.6 Å². The Hall–Kier alpha value is -3.46. The highest BCUT2D eigenvalue weighted by molar-refractivity contribution is 7.71. The summed E-state index contributed by atoms with van der Waals surface area (Å²) in [7, 11) is 2.96. The van der Waals surface area contributed by atoms with Crippen molar-refractivity contribution in [1.29, 1.82) is 0 Å². The lowest BCUT2D eigenvalue weighted by atomic mass is 9.87. The Morgan fingerprint density at radius 1 is 1.12 bits per heavy atom. The van der Waals surface area contributed by atoms with Gasteiger partial charge in [-0.3, -0.25) is 4.79 Å². The molecule has 0 bridgehead atoms. The third-order valence-corrected chi connectivity index (χ3v) is 4.97. The van der Waals surface area contributed by atoms with E-state index in [1.165, 1.54) is 26.7 Å². The smallest absolute Gasteiger partial charge is 0.308 e. The lowest BCUT2D eigenvalue weighted by molar-refractivity contribution is -0.132. The molecule has 0 fully saturated rings. The molecule has 0 unspecified atom stereocenters. The van der Waals surface area contributed by atoms with Crippen molar-refractivity contribution >= 4 is 24.4 Å². The van der Waals surface area contributed by atoms with Gasteiger partial charge in [0.05, 0.1) is 20.4 Å². The van der Waals surface area contributed by atoms with Crippen LogP contribution in [0.3, 0.4) is 0 Å². The van der Waals surface area contributed by atoms with Gasteiger partial charge in [-0.15, -0.1) is 0 Å². The maximum Gasteiger partial charge on any atom is 0.308 e. The number of methoxy groups -OCH3 is 2. The van der Waals surface area contributed by atoms with Gasteiger partial charge in [-0.1, -0.05) is 45.0 Å². The van der Waals surface area contributed by atoms with E-state index in [0.29, 0.717) is 27.7 Å². The van der Waals surface area contributed by atoms with Gasteiger partial charge in [0.25, 0.3) is 0 Å². The molecule has 3 aromatic rings. The molecule has 0 spiro atoms. The Kier molecular flexibility index (Phi) is 6.78. The van der Waals surface area contributed by atoms with Crippen LogP contribution in [0, 0.1) is 4.77 Å². The SMILES string of the molecule is COc1cc(/C=N\n2c(-c3ccc(C(C)(C)C)cc3)n[nH]c2=S)cc(OC)c1OC(C)=O. The number of benzene rings is 2. The van der Waals surface area contributed by atoms with Crippen LogP contribution >= 0.6 is 12.2 Å². The van der Waals surface area contributed by atoms with Crippen LogP contribution in [0.2, 0.25) is 0 Å². The number of esters is 1. The summed E-state index contributed by atoms with van der Waals surface area (Å²) in [6.45, 7) is 7.80. The Morgan fingerprint density at radius 3 is 2.22 bits per heavy atom. The average molecular weight is 455 g/mol. The number of carbonyl (C=O) groups excluding carboxylic acids is 1. The van der Waals surface area contributed by atoms with E-state index < -0.39 is 5.97 Å². The zero-order valence-corrected chi connectivity index (χ0v) is 19.7. The maximum absolute atomic E-state index is 11.4. The molecule has 0 atom stereocenters. The zero-order valence-electron chi connectivity index (χ0n) is 18.9. The molecule has 0 aliphatic heterocycles. The largest absolute Gasteiger partial charge is 0.493 e. The van der Waals surface area contributed by atoms with Crippen LogP contribution in [-0.4, -0.2) is 41.3 Å². The van der Waals surface area contributed by atoms with Crippen molar-refractivity contribution in [3.05, 3.63) is 52.3 Å². The first-order valence-corrected chi connectivity index (χ1v) is 10.3. The maximum atomic E-state index is 11.4. The van der Waals surface area contributed by atoms with Gasteiger partial charge in [0.15, 0.2) is 17.3 Å². The number of ether oxygens (including phenoxy) is 3. The van der Waals surface area contributed by atoms with Gasteiger partial charge in [-0.25, -0.2) is 5.10 Å². The van der Waals surface area contributed by atoms with E-state index in [1.54, 1.807) is 23.0 Å². The zero-order chi connectivity index (χ0) is 23.5. The summed E-state index contributed by atoms with van der Waals surface area (Å²) in [6, 6.07) is 11.5. The Morgan fingerprint density at radius 2 is 1.72 bits per heavy atom. The van der Waals surface area contributed by atoms with Crippen molar-refractivity contribution in [3.63, 3.8) is 0 Å². The van der Waals surface area contributed by atoms with E-state index in [9.17, 15) is 4.79 Å². The normalized spacial score (nSPS) is 11.6. The van der Waals surface area contributed by atoms with Crippen LogP contribution in [0.15, 0.2) is 41.5 Å². The molecule has 8 nitrogen and oxygen atoms in total.